The quantitative estimate of drug-likeness (QED) is 0.182. The Morgan fingerprint density at radius 1 is 0.741 bits per heavy atom. The molecule has 3 heteroatoms. The molecule has 1 amide bonds. The van der Waals surface area contributed by atoms with Crippen molar-refractivity contribution in [1.82, 2.24) is 5.32 Å². The summed E-state index contributed by atoms with van der Waals surface area (Å²) in [7, 11) is 0. The summed E-state index contributed by atoms with van der Waals surface area (Å²) in [6.07, 6.45) is 24.5. The average molecular weight is 382 g/mol. The van der Waals surface area contributed by atoms with Crippen LogP contribution in [0.5, 0.6) is 0 Å². The van der Waals surface area contributed by atoms with Gasteiger partial charge in [0, 0.05) is 6.54 Å². The van der Waals surface area contributed by atoms with Crippen LogP contribution in [0.25, 0.3) is 0 Å². The molecule has 1 unspecified atom stereocenters. The molecule has 0 aliphatic rings. The molecule has 1 atom stereocenters. The predicted molar refractivity (Wildman–Crippen MR) is 118 cm³/mol. The Bertz CT molecular complexity index is 341. The fraction of sp³-hybridized carbons (Fsp3) is 0.875. The molecule has 0 aromatic carbocycles. The third-order valence-corrected chi connectivity index (χ3v) is 5.12. The molecule has 0 spiro atoms. The number of allylic oxidation sites excluding steroid dienone is 2. The molecule has 3 nitrogen and oxygen atoms in total. The number of carbonyl (C=O) groups excluding carboxylic acids is 1. The Morgan fingerprint density at radius 3 is 1.78 bits per heavy atom. The SMILES string of the molecule is CCCCCCCC/C=C\CCCCCCCCNC(=O)C(O)CCCC. The number of aliphatic hydroxyl groups is 1. The van der Waals surface area contributed by atoms with Crippen LogP contribution in [0.4, 0.5) is 0 Å². The van der Waals surface area contributed by atoms with Gasteiger partial charge in [0.15, 0.2) is 0 Å². The number of aliphatic hydroxyl groups excluding tert-OH is 1. The lowest BCUT2D eigenvalue weighted by atomic mass is 10.1. The van der Waals surface area contributed by atoms with Gasteiger partial charge in [0.1, 0.15) is 6.10 Å². The highest BCUT2D eigenvalue weighted by Gasteiger charge is 2.12. The lowest BCUT2D eigenvalue weighted by Crippen LogP contribution is -2.35. The molecule has 160 valence electrons. The van der Waals surface area contributed by atoms with Crippen molar-refractivity contribution < 1.29 is 9.90 Å². The number of nitrogens with one attached hydrogen (secondary N) is 1. The Morgan fingerprint density at radius 2 is 1.22 bits per heavy atom. The van der Waals surface area contributed by atoms with Gasteiger partial charge in [-0.05, 0) is 38.5 Å². The van der Waals surface area contributed by atoms with Crippen LogP contribution in [0.3, 0.4) is 0 Å². The van der Waals surface area contributed by atoms with Crippen molar-refractivity contribution in [1.29, 1.82) is 0 Å². The van der Waals surface area contributed by atoms with Crippen molar-refractivity contribution >= 4 is 5.91 Å². The van der Waals surface area contributed by atoms with E-state index in [-0.39, 0.29) is 5.91 Å². The van der Waals surface area contributed by atoms with E-state index in [4.69, 9.17) is 0 Å². The molecule has 0 radical (unpaired) electrons. The van der Waals surface area contributed by atoms with Crippen LogP contribution in [0.1, 0.15) is 123 Å². The van der Waals surface area contributed by atoms with Crippen molar-refractivity contribution in [3.05, 3.63) is 12.2 Å². The van der Waals surface area contributed by atoms with Crippen LogP contribution in [0.2, 0.25) is 0 Å². The van der Waals surface area contributed by atoms with Crippen molar-refractivity contribution in [3.8, 4) is 0 Å². The summed E-state index contributed by atoms with van der Waals surface area (Å²) in [6.45, 7) is 5.03. The van der Waals surface area contributed by atoms with Gasteiger partial charge >= 0.3 is 0 Å². The lowest BCUT2D eigenvalue weighted by molar-refractivity contribution is -0.129. The number of amides is 1. The largest absolute Gasteiger partial charge is 0.383 e. The topological polar surface area (TPSA) is 49.3 Å². The summed E-state index contributed by atoms with van der Waals surface area (Å²) in [5, 5.41) is 12.5. The van der Waals surface area contributed by atoms with Crippen LogP contribution >= 0.6 is 0 Å². The summed E-state index contributed by atoms with van der Waals surface area (Å²) >= 11 is 0. The lowest BCUT2D eigenvalue weighted by Gasteiger charge is -2.10. The van der Waals surface area contributed by atoms with Crippen LogP contribution in [0, 0.1) is 0 Å². The molecule has 0 bridgehead atoms. The van der Waals surface area contributed by atoms with Gasteiger partial charge in [-0.2, -0.15) is 0 Å². The third-order valence-electron chi connectivity index (χ3n) is 5.12. The van der Waals surface area contributed by atoms with Crippen LogP contribution < -0.4 is 5.32 Å². The highest BCUT2D eigenvalue weighted by atomic mass is 16.3. The van der Waals surface area contributed by atoms with E-state index in [0.717, 1.165) is 19.3 Å². The first-order chi connectivity index (χ1) is 13.2. The van der Waals surface area contributed by atoms with E-state index in [9.17, 15) is 9.90 Å². The minimum Gasteiger partial charge on any atom is -0.383 e. The monoisotopic (exact) mass is 381 g/mol. The molecule has 0 rings (SSSR count). The fourth-order valence-corrected chi connectivity index (χ4v) is 3.23. The molecule has 0 aromatic rings. The molecule has 0 heterocycles. The maximum absolute atomic E-state index is 11.6. The molecule has 0 saturated heterocycles. The van der Waals surface area contributed by atoms with E-state index in [1.54, 1.807) is 0 Å². The predicted octanol–water partition coefficient (Wildman–Crippen LogP) is 6.69. The van der Waals surface area contributed by atoms with Gasteiger partial charge in [0.05, 0.1) is 0 Å². The van der Waals surface area contributed by atoms with Gasteiger partial charge in [-0.1, -0.05) is 96.6 Å². The van der Waals surface area contributed by atoms with Crippen LogP contribution in [-0.2, 0) is 4.79 Å². The summed E-state index contributed by atoms with van der Waals surface area (Å²) in [5.41, 5.74) is 0. The zero-order chi connectivity index (χ0) is 20.0. The fourth-order valence-electron chi connectivity index (χ4n) is 3.23. The maximum Gasteiger partial charge on any atom is 0.248 e. The van der Waals surface area contributed by atoms with Crippen molar-refractivity contribution in [2.24, 2.45) is 0 Å². The van der Waals surface area contributed by atoms with E-state index < -0.39 is 6.10 Å². The highest BCUT2D eigenvalue weighted by molar-refractivity contribution is 5.80. The van der Waals surface area contributed by atoms with E-state index in [2.05, 4.69) is 31.3 Å². The zero-order valence-electron chi connectivity index (χ0n) is 18.3. The summed E-state index contributed by atoms with van der Waals surface area (Å²) in [4.78, 5) is 11.6. The molecular formula is C24H47NO2. The molecule has 27 heavy (non-hydrogen) atoms. The normalized spacial score (nSPS) is 12.6. The highest BCUT2D eigenvalue weighted by Crippen LogP contribution is 2.10. The second-order valence-corrected chi connectivity index (χ2v) is 7.89. The molecule has 0 aliphatic carbocycles. The van der Waals surface area contributed by atoms with Gasteiger partial charge in [0.25, 0.3) is 0 Å². The van der Waals surface area contributed by atoms with Crippen molar-refractivity contribution in [2.75, 3.05) is 6.54 Å². The Labute approximate surface area is 169 Å². The third kappa shape index (κ3) is 19.7. The van der Waals surface area contributed by atoms with Gasteiger partial charge < -0.3 is 10.4 Å². The van der Waals surface area contributed by atoms with Gasteiger partial charge in [-0.25, -0.2) is 0 Å². The molecule has 2 N–H and O–H groups in total. The number of unbranched alkanes of at least 4 members (excludes halogenated alkanes) is 13. The number of hydrogen-bond donors (Lipinski definition) is 2. The van der Waals surface area contributed by atoms with E-state index >= 15 is 0 Å². The number of rotatable bonds is 20. The van der Waals surface area contributed by atoms with E-state index in [1.807, 2.05) is 0 Å². The molecule has 0 fully saturated rings. The number of hydrogen-bond acceptors (Lipinski definition) is 2. The summed E-state index contributed by atoms with van der Waals surface area (Å²) < 4.78 is 0. The minimum absolute atomic E-state index is 0.198. The molecule has 0 aliphatic heterocycles. The summed E-state index contributed by atoms with van der Waals surface area (Å²) in [5.74, 6) is -0.198. The molecular weight excluding hydrogens is 334 g/mol. The van der Waals surface area contributed by atoms with Gasteiger partial charge in [-0.15, -0.1) is 0 Å². The minimum atomic E-state index is -0.820. The number of carbonyl (C=O) groups is 1. The second-order valence-electron chi connectivity index (χ2n) is 7.89. The first-order valence-corrected chi connectivity index (χ1v) is 11.8. The Balaban J connectivity index is 3.24. The average Bonchev–Trinajstić information content (AvgIpc) is 2.68. The van der Waals surface area contributed by atoms with E-state index in [0.29, 0.717) is 13.0 Å². The van der Waals surface area contributed by atoms with Crippen molar-refractivity contribution in [2.45, 2.75) is 129 Å². The summed E-state index contributed by atoms with van der Waals surface area (Å²) in [6, 6.07) is 0. The first-order valence-electron chi connectivity index (χ1n) is 11.8. The standard InChI is InChI=1S/C24H47NO2/c1-3-5-7-8-9-10-11-12-13-14-15-16-17-18-19-20-22-25-24(27)23(26)21-6-4-2/h12-13,23,26H,3-11,14-22H2,1-2H3,(H,25,27)/b13-12-. The second kappa shape index (κ2) is 21.5. The maximum atomic E-state index is 11.6. The Kier molecular flexibility index (Phi) is 20.8. The van der Waals surface area contributed by atoms with Crippen LogP contribution in [0.15, 0.2) is 12.2 Å². The van der Waals surface area contributed by atoms with E-state index in [1.165, 1.54) is 83.5 Å². The van der Waals surface area contributed by atoms with Gasteiger partial charge in [-0.3, -0.25) is 4.79 Å². The molecule has 0 saturated carbocycles. The first kappa shape index (κ1) is 26.2. The van der Waals surface area contributed by atoms with Crippen molar-refractivity contribution in [3.63, 3.8) is 0 Å². The Hall–Kier alpha value is -0.830. The zero-order valence-corrected chi connectivity index (χ0v) is 18.3. The molecule has 0 aromatic heterocycles. The smallest absolute Gasteiger partial charge is 0.248 e. The van der Waals surface area contributed by atoms with Gasteiger partial charge in [0.2, 0.25) is 5.91 Å². The van der Waals surface area contributed by atoms with Crippen LogP contribution in [-0.4, -0.2) is 23.7 Å².